The molecule has 0 atom stereocenters. The van der Waals surface area contributed by atoms with Crippen molar-refractivity contribution in [3.8, 4) is 16.9 Å². The predicted octanol–water partition coefficient (Wildman–Crippen LogP) is 3.67. The lowest BCUT2D eigenvalue weighted by atomic mass is 10.0. The maximum Gasteiger partial charge on any atom is 0.328 e. The van der Waals surface area contributed by atoms with Crippen LogP contribution in [0.1, 0.15) is 5.56 Å². The molecule has 2 aromatic carbocycles. The zero-order valence-electron chi connectivity index (χ0n) is 17.0. The van der Waals surface area contributed by atoms with Crippen molar-refractivity contribution in [1.82, 2.24) is 9.97 Å². The number of nitrogens with one attached hydrogen (secondary N) is 1. The van der Waals surface area contributed by atoms with Crippen molar-refractivity contribution in [1.29, 1.82) is 0 Å². The monoisotopic (exact) mass is 436 g/mol. The maximum atomic E-state index is 13.6. The molecule has 0 bridgehead atoms. The van der Waals surface area contributed by atoms with Gasteiger partial charge in [-0.3, -0.25) is 0 Å². The molecule has 164 valence electrons. The van der Waals surface area contributed by atoms with E-state index in [1.807, 2.05) is 24.3 Å². The first kappa shape index (κ1) is 21.3. The zero-order valence-corrected chi connectivity index (χ0v) is 17.0. The van der Waals surface area contributed by atoms with Crippen molar-refractivity contribution in [3.63, 3.8) is 0 Å². The number of phenols is 1. The van der Waals surface area contributed by atoms with Crippen LogP contribution in [0, 0.1) is 5.82 Å². The first-order valence-electron chi connectivity index (χ1n) is 9.96. The van der Waals surface area contributed by atoms with Gasteiger partial charge in [-0.25, -0.2) is 14.2 Å². The summed E-state index contributed by atoms with van der Waals surface area (Å²) in [5.74, 6) is -0.882. The van der Waals surface area contributed by atoms with E-state index in [0.717, 1.165) is 28.8 Å². The second-order valence-corrected chi connectivity index (χ2v) is 7.15. The number of anilines is 3. The summed E-state index contributed by atoms with van der Waals surface area (Å²) in [5, 5.41) is 21.5. The van der Waals surface area contributed by atoms with Crippen LogP contribution in [-0.4, -0.2) is 52.5 Å². The van der Waals surface area contributed by atoms with E-state index in [-0.39, 0.29) is 11.7 Å². The number of hydrogen-bond donors (Lipinski definition) is 3. The van der Waals surface area contributed by atoms with Gasteiger partial charge in [0, 0.05) is 48.7 Å². The Morgan fingerprint density at radius 2 is 2.00 bits per heavy atom. The van der Waals surface area contributed by atoms with Crippen LogP contribution < -0.4 is 10.2 Å². The molecule has 4 rings (SSSR count). The Balaban J connectivity index is 1.72. The number of rotatable bonds is 6. The summed E-state index contributed by atoms with van der Waals surface area (Å²) in [6.45, 7) is 2.41. The summed E-state index contributed by atoms with van der Waals surface area (Å²) < 4.78 is 19.1. The van der Waals surface area contributed by atoms with Crippen molar-refractivity contribution in [3.05, 3.63) is 66.1 Å². The topological polar surface area (TPSA) is 108 Å². The third-order valence-corrected chi connectivity index (χ3v) is 4.83. The van der Waals surface area contributed by atoms with E-state index in [2.05, 4.69) is 20.2 Å². The molecule has 9 heteroatoms. The molecule has 0 amide bonds. The van der Waals surface area contributed by atoms with E-state index in [1.165, 1.54) is 18.2 Å². The Morgan fingerprint density at radius 3 is 2.75 bits per heavy atom. The molecule has 1 saturated heterocycles. The van der Waals surface area contributed by atoms with Gasteiger partial charge in [0.05, 0.1) is 13.2 Å². The number of nitrogens with zero attached hydrogens (tertiary/aromatic N) is 3. The zero-order chi connectivity index (χ0) is 22.5. The Labute approximate surface area is 183 Å². The van der Waals surface area contributed by atoms with Crippen molar-refractivity contribution < 1.29 is 24.1 Å². The lowest BCUT2D eigenvalue weighted by Gasteiger charge is -2.29. The average molecular weight is 436 g/mol. The number of halogens is 1. The van der Waals surface area contributed by atoms with Gasteiger partial charge in [0.15, 0.2) is 0 Å². The fourth-order valence-electron chi connectivity index (χ4n) is 3.41. The third-order valence-electron chi connectivity index (χ3n) is 4.83. The summed E-state index contributed by atoms with van der Waals surface area (Å²) in [7, 11) is 0. The number of hydrogen-bond acceptors (Lipinski definition) is 7. The van der Waals surface area contributed by atoms with Crippen molar-refractivity contribution >= 4 is 29.5 Å². The lowest BCUT2D eigenvalue weighted by Crippen LogP contribution is -2.37. The van der Waals surface area contributed by atoms with Gasteiger partial charge in [0.25, 0.3) is 0 Å². The van der Waals surface area contributed by atoms with E-state index in [1.54, 1.807) is 6.20 Å². The van der Waals surface area contributed by atoms with Gasteiger partial charge in [-0.05, 0) is 29.3 Å². The normalized spacial score (nSPS) is 14.0. The summed E-state index contributed by atoms with van der Waals surface area (Å²) in [6.07, 6.45) is 4.27. The van der Waals surface area contributed by atoms with Gasteiger partial charge >= 0.3 is 5.97 Å². The Hall–Kier alpha value is -3.98. The molecule has 2 heterocycles. The molecule has 0 unspecified atom stereocenters. The number of aromatic hydroxyl groups is 1. The van der Waals surface area contributed by atoms with E-state index in [4.69, 9.17) is 9.84 Å². The number of ether oxygens (including phenoxy) is 1. The van der Waals surface area contributed by atoms with Gasteiger partial charge in [-0.2, -0.15) is 4.98 Å². The molecule has 3 N–H and O–H groups in total. The van der Waals surface area contributed by atoms with Crippen LogP contribution in [0.3, 0.4) is 0 Å². The minimum Gasteiger partial charge on any atom is -0.508 e. The number of benzene rings is 2. The van der Waals surface area contributed by atoms with E-state index in [0.29, 0.717) is 37.8 Å². The Morgan fingerprint density at radius 1 is 1.19 bits per heavy atom. The molecule has 8 nitrogen and oxygen atoms in total. The predicted molar refractivity (Wildman–Crippen MR) is 119 cm³/mol. The molecule has 32 heavy (non-hydrogen) atoms. The fraction of sp³-hybridized carbons (Fsp3) is 0.174. The Bertz CT molecular complexity index is 1140. The molecule has 0 saturated carbocycles. The number of aromatic nitrogens is 2. The first-order valence-corrected chi connectivity index (χ1v) is 9.96. The molecule has 0 aliphatic carbocycles. The second-order valence-electron chi connectivity index (χ2n) is 7.15. The van der Waals surface area contributed by atoms with Gasteiger partial charge in [0.1, 0.15) is 17.4 Å². The van der Waals surface area contributed by atoms with Crippen LogP contribution in [0.2, 0.25) is 0 Å². The van der Waals surface area contributed by atoms with Gasteiger partial charge in [-0.1, -0.05) is 18.2 Å². The molecule has 1 aliphatic heterocycles. The number of morpholine rings is 1. The molecule has 0 spiro atoms. The van der Waals surface area contributed by atoms with Crippen LogP contribution in [0.15, 0.2) is 54.7 Å². The fourth-order valence-corrected chi connectivity index (χ4v) is 3.41. The summed E-state index contributed by atoms with van der Waals surface area (Å²) in [5.41, 5.74) is 2.65. The van der Waals surface area contributed by atoms with Crippen LogP contribution in [0.5, 0.6) is 5.75 Å². The van der Waals surface area contributed by atoms with E-state index in [9.17, 15) is 14.3 Å². The smallest absolute Gasteiger partial charge is 0.328 e. The molecular formula is C23H21FN4O4. The largest absolute Gasteiger partial charge is 0.508 e. The summed E-state index contributed by atoms with van der Waals surface area (Å²) in [6, 6.07) is 11.0. The molecule has 1 fully saturated rings. The van der Waals surface area contributed by atoms with Crippen LogP contribution >= 0.6 is 0 Å². The quantitative estimate of drug-likeness (QED) is 0.503. The minimum atomic E-state index is -1.02. The molecule has 0 radical (unpaired) electrons. The SMILES string of the molecule is O=C(O)/C=C/c1cccc(-c2cnc(Nc3cc(O)cc(F)c3)nc2N2CCOCC2)c1. The van der Waals surface area contributed by atoms with Gasteiger partial charge in [0.2, 0.25) is 5.95 Å². The standard InChI is InChI=1S/C23H21FN4O4/c24-17-11-18(13-19(29)12-17)26-23-25-14-20(22(27-23)28-6-8-32-9-7-28)16-3-1-2-15(10-16)4-5-21(30)31/h1-5,10-14,29H,6-9H2,(H,30,31)(H,25,26,27)/b5-4+. The Kier molecular flexibility index (Phi) is 6.27. The minimum absolute atomic E-state index is 0.205. The number of aliphatic carboxylic acids is 1. The first-order chi connectivity index (χ1) is 15.5. The van der Waals surface area contributed by atoms with E-state index < -0.39 is 11.8 Å². The van der Waals surface area contributed by atoms with Gasteiger partial charge < -0.3 is 25.2 Å². The molecule has 1 aromatic heterocycles. The highest BCUT2D eigenvalue weighted by Gasteiger charge is 2.19. The lowest BCUT2D eigenvalue weighted by molar-refractivity contribution is -0.131. The van der Waals surface area contributed by atoms with Crippen molar-refractivity contribution in [2.24, 2.45) is 0 Å². The van der Waals surface area contributed by atoms with E-state index >= 15 is 0 Å². The van der Waals surface area contributed by atoms with Gasteiger partial charge in [-0.15, -0.1) is 0 Å². The molecule has 1 aliphatic rings. The third kappa shape index (κ3) is 5.19. The highest BCUT2D eigenvalue weighted by Crippen LogP contribution is 2.32. The molecular weight excluding hydrogens is 415 g/mol. The maximum absolute atomic E-state index is 13.6. The highest BCUT2D eigenvalue weighted by atomic mass is 19.1. The molecule has 3 aromatic rings. The summed E-state index contributed by atoms with van der Waals surface area (Å²) in [4.78, 5) is 22.0. The number of carboxylic acids is 1. The van der Waals surface area contributed by atoms with Crippen LogP contribution in [-0.2, 0) is 9.53 Å². The highest BCUT2D eigenvalue weighted by molar-refractivity contribution is 5.86. The van der Waals surface area contributed by atoms with Crippen LogP contribution in [0.4, 0.5) is 21.8 Å². The number of carboxylic acid groups (broad SMARTS) is 1. The van der Waals surface area contributed by atoms with Crippen LogP contribution in [0.25, 0.3) is 17.2 Å². The average Bonchev–Trinajstić information content (AvgIpc) is 2.78. The second kappa shape index (κ2) is 9.44. The number of carbonyl (C=O) groups is 1. The van der Waals surface area contributed by atoms with Crippen molar-refractivity contribution in [2.75, 3.05) is 36.5 Å². The van der Waals surface area contributed by atoms with Crippen molar-refractivity contribution in [2.45, 2.75) is 0 Å². The number of phenolic OH excluding ortho intramolecular Hbond substituents is 1. The summed E-state index contributed by atoms with van der Waals surface area (Å²) >= 11 is 0.